The maximum absolute atomic E-state index is 6.31. The van der Waals surface area contributed by atoms with Gasteiger partial charge in [0.25, 0.3) is 0 Å². The number of nitrogens with two attached hydrogens (primary N) is 1. The molecule has 2 atom stereocenters. The molecule has 0 bridgehead atoms. The van der Waals surface area contributed by atoms with E-state index in [0.717, 1.165) is 32.2 Å². The maximum atomic E-state index is 6.31. The first-order chi connectivity index (χ1) is 9.66. The zero-order valence-electron chi connectivity index (χ0n) is 14.5. The van der Waals surface area contributed by atoms with Crippen LogP contribution >= 0.6 is 0 Å². The van der Waals surface area contributed by atoms with Gasteiger partial charge < -0.3 is 10.5 Å². The molecule has 0 aromatic rings. The number of hydrogen-bond acceptors (Lipinski definition) is 4. The molecule has 0 radical (unpaired) electrons. The molecule has 2 unspecified atom stereocenters. The third-order valence-electron chi connectivity index (χ3n) is 5.48. The van der Waals surface area contributed by atoms with Gasteiger partial charge in [0.1, 0.15) is 0 Å². The van der Waals surface area contributed by atoms with Gasteiger partial charge in [-0.05, 0) is 53.9 Å². The Bertz CT molecular complexity index is 389. The summed E-state index contributed by atoms with van der Waals surface area (Å²) in [7, 11) is 0. The molecule has 3 aliphatic rings. The van der Waals surface area contributed by atoms with Crippen LogP contribution in [0.3, 0.4) is 0 Å². The summed E-state index contributed by atoms with van der Waals surface area (Å²) in [4.78, 5) is 5.36. The largest absolute Gasteiger partial charge is 0.367 e. The summed E-state index contributed by atoms with van der Waals surface area (Å²) in [5.74, 6) is 0. The van der Waals surface area contributed by atoms with Crippen molar-refractivity contribution in [2.24, 2.45) is 5.73 Å². The molecule has 0 aromatic heterocycles. The average Bonchev–Trinajstić information content (AvgIpc) is 3.10. The normalized spacial score (nSPS) is 40.6. The highest BCUT2D eigenvalue weighted by Gasteiger charge is 2.53. The average molecular weight is 295 g/mol. The summed E-state index contributed by atoms with van der Waals surface area (Å²) in [6, 6.07) is 1.49. The van der Waals surface area contributed by atoms with Gasteiger partial charge in [-0.3, -0.25) is 9.80 Å². The molecule has 4 heteroatoms. The summed E-state index contributed by atoms with van der Waals surface area (Å²) in [5, 5.41) is 0. The lowest BCUT2D eigenvalue weighted by molar-refractivity contribution is -0.197. The van der Waals surface area contributed by atoms with Gasteiger partial charge in [-0.1, -0.05) is 0 Å². The molecule has 1 saturated carbocycles. The van der Waals surface area contributed by atoms with Crippen molar-refractivity contribution in [3.8, 4) is 0 Å². The predicted octanol–water partition coefficient (Wildman–Crippen LogP) is 1.83. The Hall–Kier alpha value is -0.160. The third-order valence-corrected chi connectivity index (χ3v) is 5.48. The van der Waals surface area contributed by atoms with Crippen LogP contribution in [-0.2, 0) is 4.74 Å². The molecule has 0 spiro atoms. The lowest BCUT2D eigenvalue weighted by Crippen LogP contribution is -2.66. The van der Waals surface area contributed by atoms with E-state index in [0.29, 0.717) is 6.04 Å². The molecule has 0 amide bonds. The summed E-state index contributed by atoms with van der Waals surface area (Å²) in [6.07, 6.45) is 3.96. The number of ether oxygens (including phenoxy) is 1. The number of nitrogens with zero attached hydrogens (tertiary/aromatic N) is 2. The highest BCUT2D eigenvalue weighted by Crippen LogP contribution is 2.42. The molecule has 3 rings (SSSR count). The number of morpholine rings is 1. The van der Waals surface area contributed by atoms with Crippen LogP contribution in [0.5, 0.6) is 0 Å². The lowest BCUT2D eigenvalue weighted by Gasteiger charge is -2.53. The van der Waals surface area contributed by atoms with Crippen LogP contribution in [0, 0.1) is 0 Å². The molecule has 2 heterocycles. The molecule has 2 aliphatic heterocycles. The van der Waals surface area contributed by atoms with Gasteiger partial charge in [-0.2, -0.15) is 0 Å². The minimum absolute atomic E-state index is 0.0971. The molecule has 4 nitrogen and oxygen atoms in total. The van der Waals surface area contributed by atoms with Crippen molar-refractivity contribution in [3.63, 3.8) is 0 Å². The van der Waals surface area contributed by atoms with Crippen LogP contribution in [0.2, 0.25) is 0 Å². The first-order valence-corrected chi connectivity index (χ1v) is 8.58. The van der Waals surface area contributed by atoms with Gasteiger partial charge in [0.15, 0.2) is 0 Å². The molecular formula is C17H33N3O. The standard InChI is InChI=1S/C17H33N3O/c1-13-8-17(9-18,12-20(13)14-6-7-14)19-10-15(2,3)21-16(4,5)11-19/h13-14H,6-12,18H2,1-5H3. The molecule has 21 heavy (non-hydrogen) atoms. The van der Waals surface area contributed by atoms with Crippen LogP contribution < -0.4 is 5.73 Å². The van der Waals surface area contributed by atoms with E-state index < -0.39 is 0 Å². The van der Waals surface area contributed by atoms with E-state index in [4.69, 9.17) is 10.5 Å². The number of rotatable bonds is 3. The van der Waals surface area contributed by atoms with E-state index in [2.05, 4.69) is 44.4 Å². The Balaban J connectivity index is 1.82. The van der Waals surface area contributed by atoms with Crippen molar-refractivity contribution in [1.82, 2.24) is 9.80 Å². The van der Waals surface area contributed by atoms with E-state index in [1.54, 1.807) is 0 Å². The van der Waals surface area contributed by atoms with Gasteiger partial charge in [0, 0.05) is 43.8 Å². The van der Waals surface area contributed by atoms with Crippen molar-refractivity contribution >= 4 is 0 Å². The molecule has 122 valence electrons. The Morgan fingerprint density at radius 3 is 2.10 bits per heavy atom. The first-order valence-electron chi connectivity index (χ1n) is 8.58. The SMILES string of the molecule is CC1CC(CN)(N2CC(C)(C)OC(C)(C)C2)CN1C1CC1. The van der Waals surface area contributed by atoms with Crippen LogP contribution in [-0.4, -0.2) is 64.8 Å². The maximum Gasteiger partial charge on any atom is 0.0761 e. The molecule has 3 fully saturated rings. The minimum atomic E-state index is -0.0971. The van der Waals surface area contributed by atoms with E-state index in [-0.39, 0.29) is 16.7 Å². The van der Waals surface area contributed by atoms with Gasteiger partial charge in [-0.15, -0.1) is 0 Å². The third kappa shape index (κ3) is 3.00. The minimum Gasteiger partial charge on any atom is -0.367 e. The van der Waals surface area contributed by atoms with Crippen molar-refractivity contribution < 1.29 is 4.74 Å². The Morgan fingerprint density at radius 1 is 1.05 bits per heavy atom. The number of hydrogen-bond donors (Lipinski definition) is 1. The quantitative estimate of drug-likeness (QED) is 0.862. The van der Waals surface area contributed by atoms with Crippen LogP contribution in [0.15, 0.2) is 0 Å². The monoisotopic (exact) mass is 295 g/mol. The van der Waals surface area contributed by atoms with Crippen molar-refractivity contribution in [2.75, 3.05) is 26.2 Å². The van der Waals surface area contributed by atoms with Gasteiger partial charge in [-0.25, -0.2) is 0 Å². The second-order valence-corrected chi connectivity index (χ2v) is 8.86. The second kappa shape index (κ2) is 4.92. The van der Waals surface area contributed by atoms with Crippen molar-refractivity contribution in [3.05, 3.63) is 0 Å². The van der Waals surface area contributed by atoms with E-state index >= 15 is 0 Å². The fraction of sp³-hybridized carbons (Fsp3) is 1.00. The Kier molecular flexibility index (Phi) is 3.68. The second-order valence-electron chi connectivity index (χ2n) is 8.86. The van der Waals surface area contributed by atoms with Gasteiger partial charge >= 0.3 is 0 Å². The van der Waals surface area contributed by atoms with Crippen LogP contribution in [0.4, 0.5) is 0 Å². The highest BCUT2D eigenvalue weighted by atomic mass is 16.5. The smallest absolute Gasteiger partial charge is 0.0761 e. The van der Waals surface area contributed by atoms with E-state index in [1.165, 1.54) is 19.3 Å². The summed E-state index contributed by atoms with van der Waals surface area (Å²) in [6.45, 7) is 15.1. The van der Waals surface area contributed by atoms with Crippen LogP contribution in [0.25, 0.3) is 0 Å². The molecule has 0 aromatic carbocycles. The molecule has 2 saturated heterocycles. The highest BCUT2D eigenvalue weighted by molar-refractivity contribution is 5.09. The molecule has 2 N–H and O–H groups in total. The summed E-state index contributed by atoms with van der Waals surface area (Å²) < 4.78 is 6.26. The van der Waals surface area contributed by atoms with E-state index in [1.807, 2.05) is 0 Å². The van der Waals surface area contributed by atoms with Gasteiger partial charge in [0.2, 0.25) is 0 Å². The fourth-order valence-electron chi connectivity index (χ4n) is 4.75. The zero-order chi connectivity index (χ0) is 15.5. The van der Waals surface area contributed by atoms with Gasteiger partial charge in [0.05, 0.1) is 11.2 Å². The topological polar surface area (TPSA) is 41.7 Å². The van der Waals surface area contributed by atoms with Crippen molar-refractivity contribution in [2.45, 2.75) is 82.7 Å². The zero-order valence-corrected chi connectivity index (χ0v) is 14.5. The predicted molar refractivity (Wildman–Crippen MR) is 86.4 cm³/mol. The van der Waals surface area contributed by atoms with E-state index in [9.17, 15) is 0 Å². The first kappa shape index (κ1) is 15.7. The van der Waals surface area contributed by atoms with Crippen molar-refractivity contribution in [1.29, 1.82) is 0 Å². The Morgan fingerprint density at radius 2 is 1.62 bits per heavy atom. The lowest BCUT2D eigenvalue weighted by atomic mass is 9.88. The fourth-order valence-corrected chi connectivity index (χ4v) is 4.75. The Labute approximate surface area is 130 Å². The molecule has 1 aliphatic carbocycles. The van der Waals surface area contributed by atoms with Crippen LogP contribution in [0.1, 0.15) is 53.9 Å². The summed E-state index contributed by atoms with van der Waals surface area (Å²) in [5.41, 5.74) is 6.26. The summed E-state index contributed by atoms with van der Waals surface area (Å²) >= 11 is 0. The number of likely N-dealkylation sites (tertiary alicyclic amines) is 1. The molecular weight excluding hydrogens is 262 g/mol.